The van der Waals surface area contributed by atoms with Gasteiger partial charge in [0.1, 0.15) is 5.82 Å². The molecule has 0 spiro atoms. The number of rotatable bonds is 7. The van der Waals surface area contributed by atoms with Crippen molar-refractivity contribution in [2.75, 3.05) is 43.6 Å². The van der Waals surface area contributed by atoms with Crippen molar-refractivity contribution >= 4 is 47.4 Å². The topological polar surface area (TPSA) is 39.7 Å². The maximum atomic E-state index is 13.4. The average molecular weight is 480 g/mol. The molecule has 0 amide bonds. The van der Waals surface area contributed by atoms with Gasteiger partial charge in [0.15, 0.2) is 5.96 Å². The van der Waals surface area contributed by atoms with Crippen molar-refractivity contribution in [2.24, 2.45) is 4.99 Å². The van der Waals surface area contributed by atoms with Crippen LogP contribution >= 0.6 is 35.7 Å². The maximum Gasteiger partial charge on any atom is 0.191 e. The Morgan fingerprint density at radius 1 is 1.40 bits per heavy atom. The van der Waals surface area contributed by atoms with Crippen LogP contribution in [0.4, 0.5) is 10.1 Å². The second kappa shape index (κ2) is 12.6. The summed E-state index contributed by atoms with van der Waals surface area (Å²) in [4.78, 5) is 6.57. The van der Waals surface area contributed by atoms with Crippen molar-refractivity contribution in [3.8, 4) is 0 Å². The van der Waals surface area contributed by atoms with E-state index in [9.17, 15) is 4.39 Å². The number of hydrogen-bond acceptors (Lipinski definition) is 3. The fourth-order valence-corrected chi connectivity index (χ4v) is 3.46. The summed E-state index contributed by atoms with van der Waals surface area (Å²) in [5.74, 6) is 1.90. The van der Waals surface area contributed by atoms with Crippen LogP contribution in [0.15, 0.2) is 29.3 Å². The van der Waals surface area contributed by atoms with E-state index in [2.05, 4.69) is 26.8 Å². The predicted octanol–water partition coefficient (Wildman–Crippen LogP) is 3.72. The summed E-state index contributed by atoms with van der Waals surface area (Å²) in [6.45, 7) is 2.79. The molecule has 0 aromatic heterocycles. The molecule has 0 bridgehead atoms. The summed E-state index contributed by atoms with van der Waals surface area (Å²) in [6.07, 6.45) is 6.72. The van der Waals surface area contributed by atoms with Gasteiger partial charge in [0.25, 0.3) is 0 Å². The van der Waals surface area contributed by atoms with Gasteiger partial charge >= 0.3 is 0 Å². The van der Waals surface area contributed by atoms with E-state index in [-0.39, 0.29) is 29.8 Å². The SMILES string of the molecule is CN=C(NCCCCSC)NC1CCCN(c2cccc(F)c2)C1.I. The van der Waals surface area contributed by atoms with Crippen LogP contribution in [0.1, 0.15) is 25.7 Å². The smallest absolute Gasteiger partial charge is 0.191 e. The number of thioether (sulfide) groups is 1. The van der Waals surface area contributed by atoms with E-state index >= 15 is 0 Å². The molecule has 0 radical (unpaired) electrons. The van der Waals surface area contributed by atoms with Gasteiger partial charge in [-0.25, -0.2) is 4.39 Å². The zero-order valence-electron chi connectivity index (χ0n) is 15.1. The summed E-state index contributed by atoms with van der Waals surface area (Å²) < 4.78 is 13.4. The molecule has 1 aliphatic heterocycles. The van der Waals surface area contributed by atoms with Crippen molar-refractivity contribution in [2.45, 2.75) is 31.7 Å². The zero-order valence-corrected chi connectivity index (χ0v) is 18.3. The van der Waals surface area contributed by atoms with Gasteiger partial charge in [-0.3, -0.25) is 4.99 Å². The molecular weight excluding hydrogens is 450 g/mol. The molecule has 0 aliphatic carbocycles. The molecule has 1 saturated heterocycles. The number of halogens is 2. The second-order valence-electron chi connectivity index (χ2n) is 6.11. The van der Waals surface area contributed by atoms with Gasteiger partial charge < -0.3 is 15.5 Å². The lowest BCUT2D eigenvalue weighted by Crippen LogP contribution is -2.51. The number of guanidine groups is 1. The highest BCUT2D eigenvalue weighted by atomic mass is 127. The summed E-state index contributed by atoms with van der Waals surface area (Å²) in [5.41, 5.74) is 0.960. The first-order valence-electron chi connectivity index (χ1n) is 8.69. The number of benzene rings is 1. The lowest BCUT2D eigenvalue weighted by Gasteiger charge is -2.35. The van der Waals surface area contributed by atoms with Crippen LogP contribution in [0, 0.1) is 5.82 Å². The van der Waals surface area contributed by atoms with Crippen molar-refractivity contribution in [1.82, 2.24) is 10.6 Å². The Balaban J connectivity index is 0.00000312. The molecule has 1 atom stereocenters. The number of aliphatic imine (C=N–C) groups is 1. The molecule has 142 valence electrons. The zero-order chi connectivity index (χ0) is 17.2. The van der Waals surface area contributed by atoms with E-state index in [4.69, 9.17) is 0 Å². The summed E-state index contributed by atoms with van der Waals surface area (Å²) >= 11 is 1.89. The van der Waals surface area contributed by atoms with E-state index in [1.165, 1.54) is 18.2 Å². The third-order valence-electron chi connectivity index (χ3n) is 4.23. The molecule has 2 N–H and O–H groups in total. The quantitative estimate of drug-likeness (QED) is 0.270. The fourth-order valence-electron chi connectivity index (χ4n) is 2.97. The minimum Gasteiger partial charge on any atom is -0.369 e. The lowest BCUT2D eigenvalue weighted by molar-refractivity contribution is 0.467. The molecule has 1 unspecified atom stereocenters. The number of unbranched alkanes of at least 4 members (excludes halogenated alkanes) is 1. The number of nitrogens with one attached hydrogen (secondary N) is 2. The molecular formula is C18H30FIN4S. The first-order valence-corrected chi connectivity index (χ1v) is 10.1. The summed E-state index contributed by atoms with van der Waals surface area (Å²) in [5, 5.41) is 6.90. The van der Waals surface area contributed by atoms with Crippen molar-refractivity contribution < 1.29 is 4.39 Å². The number of piperidine rings is 1. The lowest BCUT2D eigenvalue weighted by atomic mass is 10.0. The predicted molar refractivity (Wildman–Crippen MR) is 119 cm³/mol. The summed E-state index contributed by atoms with van der Waals surface area (Å²) in [6, 6.07) is 7.19. The van der Waals surface area contributed by atoms with Crippen LogP contribution in [0.25, 0.3) is 0 Å². The third kappa shape index (κ3) is 8.02. The molecule has 7 heteroatoms. The van der Waals surface area contributed by atoms with Crippen LogP contribution in [0.2, 0.25) is 0 Å². The molecule has 1 aliphatic rings. The van der Waals surface area contributed by atoms with Gasteiger partial charge in [0.2, 0.25) is 0 Å². The normalized spacial score (nSPS) is 17.8. The Labute approximate surface area is 172 Å². The molecule has 1 aromatic rings. The minimum atomic E-state index is -0.176. The van der Waals surface area contributed by atoms with Gasteiger partial charge in [-0.1, -0.05) is 6.07 Å². The van der Waals surface area contributed by atoms with Crippen molar-refractivity contribution in [3.63, 3.8) is 0 Å². The second-order valence-corrected chi connectivity index (χ2v) is 7.09. The van der Waals surface area contributed by atoms with Gasteiger partial charge in [0.05, 0.1) is 0 Å². The average Bonchev–Trinajstić information content (AvgIpc) is 2.61. The van der Waals surface area contributed by atoms with Crippen LogP contribution in [-0.4, -0.2) is 50.7 Å². The molecule has 2 rings (SSSR count). The first-order chi connectivity index (χ1) is 11.7. The van der Waals surface area contributed by atoms with E-state index in [1.54, 1.807) is 12.1 Å². The number of nitrogens with zero attached hydrogens (tertiary/aromatic N) is 2. The summed E-state index contributed by atoms with van der Waals surface area (Å²) in [7, 11) is 1.81. The standard InChI is InChI=1S/C18H29FN4S.HI/c1-20-18(21-10-3-4-12-24-2)22-16-8-6-11-23(14-16)17-9-5-7-15(19)13-17;/h5,7,9,13,16H,3-4,6,8,10-12,14H2,1-2H3,(H2,20,21,22);1H. The highest BCUT2D eigenvalue weighted by Crippen LogP contribution is 2.20. The van der Waals surface area contributed by atoms with Gasteiger partial charge in [0, 0.05) is 38.4 Å². The van der Waals surface area contributed by atoms with E-state index in [1.807, 2.05) is 24.9 Å². The highest BCUT2D eigenvalue weighted by Gasteiger charge is 2.21. The largest absolute Gasteiger partial charge is 0.369 e. The van der Waals surface area contributed by atoms with Crippen LogP contribution < -0.4 is 15.5 Å². The highest BCUT2D eigenvalue weighted by molar-refractivity contribution is 14.0. The van der Waals surface area contributed by atoms with E-state index in [0.29, 0.717) is 6.04 Å². The molecule has 1 aromatic carbocycles. The Morgan fingerprint density at radius 2 is 2.24 bits per heavy atom. The van der Waals surface area contributed by atoms with E-state index < -0.39 is 0 Å². The first kappa shape index (κ1) is 22.3. The monoisotopic (exact) mass is 480 g/mol. The van der Waals surface area contributed by atoms with Gasteiger partial charge in [-0.15, -0.1) is 24.0 Å². The molecule has 0 saturated carbocycles. The van der Waals surface area contributed by atoms with Crippen LogP contribution in [0.5, 0.6) is 0 Å². The molecule has 25 heavy (non-hydrogen) atoms. The van der Waals surface area contributed by atoms with E-state index in [0.717, 1.165) is 50.5 Å². The minimum absolute atomic E-state index is 0. The maximum absolute atomic E-state index is 13.4. The Kier molecular flexibility index (Phi) is 11.3. The van der Waals surface area contributed by atoms with Crippen LogP contribution in [0.3, 0.4) is 0 Å². The van der Waals surface area contributed by atoms with Crippen LogP contribution in [-0.2, 0) is 0 Å². The Hall–Kier alpha value is -0.700. The fraction of sp³-hybridized carbons (Fsp3) is 0.611. The molecule has 4 nitrogen and oxygen atoms in total. The van der Waals surface area contributed by atoms with Gasteiger partial charge in [-0.2, -0.15) is 11.8 Å². The van der Waals surface area contributed by atoms with Crippen molar-refractivity contribution in [3.05, 3.63) is 30.1 Å². The van der Waals surface area contributed by atoms with Gasteiger partial charge in [-0.05, 0) is 55.9 Å². The number of anilines is 1. The van der Waals surface area contributed by atoms with Crippen molar-refractivity contribution in [1.29, 1.82) is 0 Å². The third-order valence-corrected chi connectivity index (χ3v) is 4.92. The molecule has 1 fully saturated rings. The molecule has 1 heterocycles. The Bertz CT molecular complexity index is 530. The Morgan fingerprint density at radius 3 is 2.96 bits per heavy atom. The number of hydrogen-bond donors (Lipinski definition) is 2.